The average Bonchev–Trinajstić information content (AvgIpc) is 2.42. The summed E-state index contributed by atoms with van der Waals surface area (Å²) in [5.41, 5.74) is 8.67. The van der Waals surface area contributed by atoms with Crippen LogP contribution in [0, 0.1) is 0 Å². The molecule has 20 heavy (non-hydrogen) atoms. The molecule has 0 spiro atoms. The summed E-state index contributed by atoms with van der Waals surface area (Å²) in [5.74, 6) is -0.993. The van der Waals surface area contributed by atoms with Gasteiger partial charge in [0.25, 0.3) is 0 Å². The van der Waals surface area contributed by atoms with Crippen LogP contribution in [0.15, 0.2) is 57.5 Å². The quantitative estimate of drug-likeness (QED) is 0.600. The van der Waals surface area contributed by atoms with Crippen molar-refractivity contribution in [2.24, 2.45) is 0 Å². The highest BCUT2D eigenvalue weighted by atomic mass is 79.9. The number of nitrogens with two attached hydrogens (primary N) is 1. The lowest BCUT2D eigenvalue weighted by molar-refractivity contribution is -0.131. The van der Waals surface area contributed by atoms with Crippen molar-refractivity contribution < 1.29 is 9.90 Å². The fourth-order valence-corrected chi connectivity index (χ4v) is 3.00. The molecule has 0 aliphatic carbocycles. The first-order valence-corrected chi connectivity index (χ1v) is 7.32. The molecule has 2 aromatic rings. The summed E-state index contributed by atoms with van der Waals surface area (Å²) in [6.07, 6.45) is 1.19. The van der Waals surface area contributed by atoms with E-state index in [9.17, 15) is 4.79 Å². The van der Waals surface area contributed by atoms with Gasteiger partial charge in [-0.05, 0) is 60.7 Å². The van der Waals surface area contributed by atoms with Crippen molar-refractivity contribution >= 4 is 49.1 Å². The fourth-order valence-electron chi connectivity index (χ4n) is 1.81. The maximum Gasteiger partial charge on any atom is 0.328 e. The minimum atomic E-state index is -0.993. The molecule has 3 N–H and O–H groups in total. The number of aliphatic carboxylic acids is 1. The number of halogens is 2. The van der Waals surface area contributed by atoms with Crippen LogP contribution in [0.1, 0.15) is 11.1 Å². The summed E-state index contributed by atoms with van der Waals surface area (Å²) in [4.78, 5) is 11.1. The predicted octanol–water partition coefficient (Wildman–Crippen LogP) is 4.31. The third-order valence-corrected chi connectivity index (χ3v) is 4.05. The van der Waals surface area contributed by atoms with Crippen LogP contribution in [0.3, 0.4) is 0 Å². The van der Waals surface area contributed by atoms with Crippen LogP contribution in [-0.4, -0.2) is 11.1 Å². The van der Waals surface area contributed by atoms with E-state index in [-0.39, 0.29) is 0 Å². The van der Waals surface area contributed by atoms with Crippen LogP contribution in [0.4, 0.5) is 5.69 Å². The highest BCUT2D eigenvalue weighted by molar-refractivity contribution is 9.11. The average molecular weight is 397 g/mol. The van der Waals surface area contributed by atoms with Crippen LogP contribution in [0.25, 0.3) is 5.57 Å². The zero-order valence-corrected chi connectivity index (χ0v) is 13.5. The third-order valence-electron chi connectivity index (χ3n) is 2.74. The van der Waals surface area contributed by atoms with E-state index in [4.69, 9.17) is 10.8 Å². The number of carboxylic acid groups (broad SMARTS) is 1. The first kappa shape index (κ1) is 14.8. The lowest BCUT2D eigenvalue weighted by atomic mass is 9.97. The molecule has 0 unspecified atom stereocenters. The minimum Gasteiger partial charge on any atom is -0.478 e. The molecule has 0 aromatic heterocycles. The van der Waals surface area contributed by atoms with Gasteiger partial charge in [0.2, 0.25) is 0 Å². The number of anilines is 1. The Morgan fingerprint density at radius 3 is 2.10 bits per heavy atom. The lowest BCUT2D eigenvalue weighted by Gasteiger charge is -2.11. The van der Waals surface area contributed by atoms with Crippen molar-refractivity contribution in [1.29, 1.82) is 0 Å². The molecule has 0 heterocycles. The Labute approximate surface area is 133 Å². The molecule has 2 aromatic carbocycles. The second-order valence-electron chi connectivity index (χ2n) is 4.12. The number of hydrogen-bond acceptors (Lipinski definition) is 2. The molecule has 0 aliphatic heterocycles. The van der Waals surface area contributed by atoms with E-state index < -0.39 is 5.97 Å². The lowest BCUT2D eigenvalue weighted by Crippen LogP contribution is -1.97. The van der Waals surface area contributed by atoms with E-state index in [1.165, 1.54) is 6.08 Å². The molecule has 0 bridgehead atoms. The third kappa shape index (κ3) is 3.29. The number of nitrogen functional groups attached to an aromatic ring is 1. The topological polar surface area (TPSA) is 63.3 Å². The zero-order chi connectivity index (χ0) is 14.7. The van der Waals surface area contributed by atoms with Gasteiger partial charge in [0, 0.05) is 15.0 Å². The summed E-state index contributed by atoms with van der Waals surface area (Å²) in [6, 6.07) is 13.0. The van der Waals surface area contributed by atoms with Crippen molar-refractivity contribution in [3.8, 4) is 0 Å². The molecule has 0 atom stereocenters. The largest absolute Gasteiger partial charge is 0.478 e. The second-order valence-corrected chi connectivity index (χ2v) is 5.82. The van der Waals surface area contributed by atoms with Crippen molar-refractivity contribution in [3.05, 3.63) is 68.6 Å². The Balaban J connectivity index is 2.62. The summed E-state index contributed by atoms with van der Waals surface area (Å²) >= 11 is 6.75. The minimum absolute atomic E-state index is 0.580. The standard InChI is InChI=1S/C15H11Br2NO2/c16-12-6-10(7-13(17)15(12)18)11(8-14(19)20)9-4-2-1-3-5-9/h1-8H,18H2,(H,19,20)/b11-8+. The number of carboxylic acids is 1. The molecule has 0 saturated heterocycles. The first-order valence-electron chi connectivity index (χ1n) is 5.74. The fraction of sp³-hybridized carbons (Fsp3) is 0. The monoisotopic (exact) mass is 395 g/mol. The molecule has 0 radical (unpaired) electrons. The van der Waals surface area contributed by atoms with Crippen molar-refractivity contribution in [2.45, 2.75) is 0 Å². The Bertz CT molecular complexity index is 659. The van der Waals surface area contributed by atoms with Gasteiger partial charge in [0.05, 0.1) is 5.69 Å². The molecule has 0 aliphatic rings. The number of hydrogen-bond donors (Lipinski definition) is 2. The molecule has 102 valence electrons. The van der Waals surface area contributed by atoms with Crippen molar-refractivity contribution in [1.82, 2.24) is 0 Å². The molecule has 3 nitrogen and oxygen atoms in total. The number of carbonyl (C=O) groups is 1. The van der Waals surface area contributed by atoms with Gasteiger partial charge in [-0.3, -0.25) is 0 Å². The van der Waals surface area contributed by atoms with Gasteiger partial charge in [-0.2, -0.15) is 0 Å². The molecular weight excluding hydrogens is 386 g/mol. The van der Waals surface area contributed by atoms with E-state index in [1.54, 1.807) is 0 Å². The van der Waals surface area contributed by atoms with Crippen molar-refractivity contribution in [3.63, 3.8) is 0 Å². The Morgan fingerprint density at radius 1 is 1.05 bits per heavy atom. The number of benzene rings is 2. The molecule has 0 fully saturated rings. The van der Waals surface area contributed by atoms with Crippen molar-refractivity contribution in [2.75, 3.05) is 5.73 Å². The molecule has 5 heteroatoms. The van der Waals surface area contributed by atoms with Gasteiger partial charge in [-0.1, -0.05) is 30.3 Å². The van der Waals surface area contributed by atoms with Gasteiger partial charge < -0.3 is 10.8 Å². The molecular formula is C15H11Br2NO2. The number of rotatable bonds is 3. The first-order chi connectivity index (χ1) is 9.49. The maximum absolute atomic E-state index is 11.1. The second kappa shape index (κ2) is 6.24. The predicted molar refractivity (Wildman–Crippen MR) is 87.4 cm³/mol. The summed E-state index contributed by atoms with van der Waals surface area (Å²) < 4.78 is 1.43. The Morgan fingerprint density at radius 2 is 1.60 bits per heavy atom. The van der Waals surface area contributed by atoms with Gasteiger partial charge in [-0.15, -0.1) is 0 Å². The van der Waals surface area contributed by atoms with E-state index in [1.807, 2.05) is 42.5 Å². The van der Waals surface area contributed by atoms with Gasteiger partial charge in [0.1, 0.15) is 0 Å². The highest BCUT2D eigenvalue weighted by Gasteiger charge is 2.11. The van der Waals surface area contributed by atoms with E-state index in [2.05, 4.69) is 31.9 Å². The van der Waals surface area contributed by atoms with Crippen LogP contribution >= 0.6 is 31.9 Å². The van der Waals surface area contributed by atoms with Crippen LogP contribution in [-0.2, 0) is 4.79 Å². The highest BCUT2D eigenvalue weighted by Crippen LogP contribution is 2.34. The van der Waals surface area contributed by atoms with Gasteiger partial charge >= 0.3 is 5.97 Å². The summed E-state index contributed by atoms with van der Waals surface area (Å²) in [7, 11) is 0. The Hall–Kier alpha value is -1.59. The Kier molecular flexibility index (Phi) is 4.62. The molecule has 0 saturated carbocycles. The van der Waals surface area contributed by atoms with Crippen LogP contribution < -0.4 is 5.73 Å². The van der Waals surface area contributed by atoms with Crippen LogP contribution in [0.5, 0.6) is 0 Å². The van der Waals surface area contributed by atoms with Gasteiger partial charge in [-0.25, -0.2) is 4.79 Å². The summed E-state index contributed by atoms with van der Waals surface area (Å²) in [6.45, 7) is 0. The van der Waals surface area contributed by atoms with E-state index in [0.717, 1.165) is 11.1 Å². The SMILES string of the molecule is Nc1c(Br)cc(/C(=C/C(=O)O)c2ccccc2)cc1Br. The van der Waals surface area contributed by atoms with E-state index >= 15 is 0 Å². The zero-order valence-electron chi connectivity index (χ0n) is 10.3. The maximum atomic E-state index is 11.1. The van der Waals surface area contributed by atoms with Gasteiger partial charge in [0.15, 0.2) is 0 Å². The normalized spacial score (nSPS) is 11.4. The van der Waals surface area contributed by atoms with E-state index in [0.29, 0.717) is 20.2 Å². The van der Waals surface area contributed by atoms with Crippen LogP contribution in [0.2, 0.25) is 0 Å². The molecule has 2 rings (SSSR count). The summed E-state index contributed by atoms with van der Waals surface area (Å²) in [5, 5.41) is 9.08. The smallest absolute Gasteiger partial charge is 0.328 e. The molecule has 0 amide bonds.